The molecule has 0 aliphatic heterocycles. The Kier molecular flexibility index (Phi) is 7.89. The first-order chi connectivity index (χ1) is 16.1. The molecule has 0 fully saturated rings. The zero-order chi connectivity index (χ0) is 24.7. The normalized spacial score (nSPS) is 11.1. The van der Waals surface area contributed by atoms with Crippen LogP contribution < -0.4 is 10.1 Å². The molecule has 0 heterocycles. The highest BCUT2D eigenvalue weighted by atomic mass is 19.1. The number of rotatable bonds is 8. The molecule has 7 heteroatoms. The number of ether oxygens (including phenoxy) is 2. The molecule has 0 spiro atoms. The SMILES string of the molecule is CC(C)(C)OC(=O)NCc1cccc(-c2cccc(COc3c(F)cccc3CC(=O)O)c2)c1. The van der Waals surface area contributed by atoms with Crippen LogP contribution in [0, 0.1) is 5.82 Å². The quantitative estimate of drug-likeness (QED) is 0.444. The second kappa shape index (κ2) is 10.8. The van der Waals surface area contributed by atoms with Crippen LogP contribution in [0.25, 0.3) is 11.1 Å². The van der Waals surface area contributed by atoms with E-state index in [0.717, 1.165) is 22.3 Å². The zero-order valence-electron chi connectivity index (χ0n) is 19.4. The van der Waals surface area contributed by atoms with E-state index in [1.807, 2.05) is 69.3 Å². The van der Waals surface area contributed by atoms with Gasteiger partial charge in [-0.15, -0.1) is 0 Å². The van der Waals surface area contributed by atoms with Crippen molar-refractivity contribution >= 4 is 12.1 Å². The fourth-order valence-corrected chi connectivity index (χ4v) is 3.36. The van der Waals surface area contributed by atoms with E-state index < -0.39 is 23.5 Å². The first-order valence-electron chi connectivity index (χ1n) is 10.9. The second-order valence-electron chi connectivity index (χ2n) is 8.84. The van der Waals surface area contributed by atoms with Crippen molar-refractivity contribution < 1.29 is 28.6 Å². The van der Waals surface area contributed by atoms with Crippen LogP contribution in [-0.4, -0.2) is 22.8 Å². The van der Waals surface area contributed by atoms with E-state index in [-0.39, 0.29) is 24.3 Å². The summed E-state index contributed by atoms with van der Waals surface area (Å²) in [6.07, 6.45) is -0.801. The molecule has 0 radical (unpaired) electrons. The van der Waals surface area contributed by atoms with Gasteiger partial charge < -0.3 is 19.9 Å². The van der Waals surface area contributed by atoms with Crippen LogP contribution in [0.15, 0.2) is 66.7 Å². The van der Waals surface area contributed by atoms with E-state index in [4.69, 9.17) is 14.6 Å². The number of benzene rings is 3. The van der Waals surface area contributed by atoms with Gasteiger partial charge in [0.15, 0.2) is 11.6 Å². The van der Waals surface area contributed by atoms with E-state index in [0.29, 0.717) is 6.54 Å². The van der Waals surface area contributed by atoms with Gasteiger partial charge in [-0.3, -0.25) is 4.79 Å². The number of nitrogens with one attached hydrogen (secondary N) is 1. The van der Waals surface area contributed by atoms with Crippen LogP contribution in [-0.2, 0) is 29.1 Å². The maximum atomic E-state index is 14.3. The molecule has 34 heavy (non-hydrogen) atoms. The molecule has 2 N–H and O–H groups in total. The van der Waals surface area contributed by atoms with Crippen LogP contribution >= 0.6 is 0 Å². The molecule has 178 valence electrons. The molecule has 0 bridgehead atoms. The Labute approximate surface area is 198 Å². The molecule has 3 rings (SSSR count). The lowest BCUT2D eigenvalue weighted by Gasteiger charge is -2.19. The van der Waals surface area contributed by atoms with Crippen LogP contribution in [0.2, 0.25) is 0 Å². The number of halogens is 1. The largest absolute Gasteiger partial charge is 0.486 e. The minimum Gasteiger partial charge on any atom is -0.486 e. The van der Waals surface area contributed by atoms with E-state index in [9.17, 15) is 14.0 Å². The maximum absolute atomic E-state index is 14.3. The fourth-order valence-electron chi connectivity index (χ4n) is 3.36. The van der Waals surface area contributed by atoms with Crippen LogP contribution in [0.5, 0.6) is 5.75 Å². The topological polar surface area (TPSA) is 84.9 Å². The molecule has 0 unspecified atom stereocenters. The maximum Gasteiger partial charge on any atom is 0.407 e. The van der Waals surface area contributed by atoms with Crippen molar-refractivity contribution in [2.24, 2.45) is 0 Å². The molecule has 0 saturated carbocycles. The van der Waals surface area contributed by atoms with Gasteiger partial charge >= 0.3 is 12.1 Å². The Bertz CT molecular complexity index is 1170. The van der Waals surface area contributed by atoms with Gasteiger partial charge in [-0.2, -0.15) is 0 Å². The Morgan fingerprint density at radius 1 is 0.941 bits per heavy atom. The van der Waals surface area contributed by atoms with Crippen molar-refractivity contribution in [1.29, 1.82) is 0 Å². The van der Waals surface area contributed by atoms with Crippen molar-refractivity contribution in [3.63, 3.8) is 0 Å². The van der Waals surface area contributed by atoms with Gasteiger partial charge in [-0.05, 0) is 61.2 Å². The van der Waals surface area contributed by atoms with E-state index in [2.05, 4.69) is 5.32 Å². The molecule has 0 aromatic heterocycles. The number of hydrogen-bond donors (Lipinski definition) is 2. The number of aliphatic carboxylic acids is 1. The monoisotopic (exact) mass is 465 g/mol. The predicted octanol–water partition coefficient (Wildman–Crippen LogP) is 5.72. The molecular weight excluding hydrogens is 437 g/mol. The van der Waals surface area contributed by atoms with E-state index in [1.165, 1.54) is 12.1 Å². The van der Waals surface area contributed by atoms with Gasteiger partial charge in [0, 0.05) is 12.1 Å². The van der Waals surface area contributed by atoms with Gasteiger partial charge in [0.1, 0.15) is 12.2 Å². The van der Waals surface area contributed by atoms with Crippen LogP contribution in [0.3, 0.4) is 0 Å². The average Bonchev–Trinajstić information content (AvgIpc) is 2.76. The molecule has 1 amide bonds. The Morgan fingerprint density at radius 3 is 2.21 bits per heavy atom. The third-order valence-corrected chi connectivity index (χ3v) is 4.80. The highest BCUT2D eigenvalue weighted by molar-refractivity contribution is 5.71. The number of hydrogen-bond acceptors (Lipinski definition) is 4. The van der Waals surface area contributed by atoms with Crippen molar-refractivity contribution in [3.05, 3.63) is 89.2 Å². The Hall–Kier alpha value is -3.87. The number of carbonyl (C=O) groups is 2. The van der Waals surface area contributed by atoms with Gasteiger partial charge in [0.25, 0.3) is 0 Å². The molecular formula is C27H28FNO5. The third kappa shape index (κ3) is 7.33. The van der Waals surface area contributed by atoms with Crippen LogP contribution in [0.4, 0.5) is 9.18 Å². The van der Waals surface area contributed by atoms with Gasteiger partial charge in [-0.1, -0.05) is 48.5 Å². The average molecular weight is 466 g/mol. The van der Waals surface area contributed by atoms with Gasteiger partial charge in [0.05, 0.1) is 6.42 Å². The smallest absolute Gasteiger partial charge is 0.407 e. The zero-order valence-corrected chi connectivity index (χ0v) is 19.4. The summed E-state index contributed by atoms with van der Waals surface area (Å²) in [5.41, 5.74) is 3.32. The summed E-state index contributed by atoms with van der Waals surface area (Å²) in [7, 11) is 0. The number of carbonyl (C=O) groups excluding carboxylic acids is 1. The minimum atomic E-state index is -1.06. The Balaban J connectivity index is 1.70. The van der Waals surface area contributed by atoms with Gasteiger partial charge in [0.2, 0.25) is 0 Å². The molecule has 0 saturated heterocycles. The van der Waals surface area contributed by atoms with E-state index >= 15 is 0 Å². The van der Waals surface area contributed by atoms with Gasteiger partial charge in [-0.25, -0.2) is 9.18 Å². The van der Waals surface area contributed by atoms with E-state index in [1.54, 1.807) is 6.07 Å². The van der Waals surface area contributed by atoms with Crippen molar-refractivity contribution in [2.75, 3.05) is 0 Å². The summed E-state index contributed by atoms with van der Waals surface area (Å²) in [5.74, 6) is -1.70. The summed E-state index contributed by atoms with van der Waals surface area (Å²) in [4.78, 5) is 23.0. The summed E-state index contributed by atoms with van der Waals surface area (Å²) >= 11 is 0. The summed E-state index contributed by atoms with van der Waals surface area (Å²) in [5, 5.41) is 11.8. The summed E-state index contributed by atoms with van der Waals surface area (Å²) < 4.78 is 25.2. The lowest BCUT2D eigenvalue weighted by Crippen LogP contribution is -2.32. The number of para-hydroxylation sites is 1. The first kappa shape index (κ1) is 24.8. The van der Waals surface area contributed by atoms with Crippen LogP contribution in [0.1, 0.15) is 37.5 Å². The highest BCUT2D eigenvalue weighted by Crippen LogP contribution is 2.26. The number of alkyl carbamates (subject to hydrolysis) is 1. The summed E-state index contributed by atoms with van der Waals surface area (Å²) in [6, 6.07) is 19.6. The molecule has 0 aliphatic carbocycles. The number of carboxylic acid groups (broad SMARTS) is 1. The molecule has 0 aliphatic rings. The fraction of sp³-hybridized carbons (Fsp3) is 0.259. The lowest BCUT2D eigenvalue weighted by atomic mass is 10.0. The Morgan fingerprint density at radius 2 is 1.56 bits per heavy atom. The highest BCUT2D eigenvalue weighted by Gasteiger charge is 2.16. The van der Waals surface area contributed by atoms with Crippen molar-refractivity contribution in [1.82, 2.24) is 5.32 Å². The third-order valence-electron chi connectivity index (χ3n) is 4.80. The van der Waals surface area contributed by atoms with Crippen molar-refractivity contribution in [3.8, 4) is 16.9 Å². The van der Waals surface area contributed by atoms with Crippen molar-refractivity contribution in [2.45, 2.75) is 45.9 Å². The standard InChI is InChI=1S/C27H28FNO5/c1-27(2,3)34-26(32)29-16-18-7-4-9-20(13-18)21-10-5-8-19(14-21)17-33-25-22(15-24(30)31)11-6-12-23(25)28/h4-14H,15-17H2,1-3H3,(H,29,32)(H,30,31). The second-order valence-corrected chi connectivity index (χ2v) is 8.84. The molecule has 0 atom stereocenters. The predicted molar refractivity (Wildman–Crippen MR) is 127 cm³/mol. The minimum absolute atomic E-state index is 0.0504. The number of carboxylic acids is 1. The molecule has 3 aromatic rings. The number of amides is 1. The molecule has 3 aromatic carbocycles. The molecule has 6 nitrogen and oxygen atoms in total. The first-order valence-corrected chi connectivity index (χ1v) is 10.9. The summed E-state index contributed by atoms with van der Waals surface area (Å²) in [6.45, 7) is 5.83. The lowest BCUT2D eigenvalue weighted by molar-refractivity contribution is -0.136.